The predicted octanol–water partition coefficient (Wildman–Crippen LogP) is -0.275. The second kappa shape index (κ2) is 6.00. The van der Waals surface area contributed by atoms with E-state index in [1.807, 2.05) is 4.90 Å². The maximum absolute atomic E-state index is 12.0. The molecule has 0 bridgehead atoms. The van der Waals surface area contributed by atoms with Crippen LogP contribution in [0.25, 0.3) is 0 Å². The minimum Gasteiger partial charge on any atom is -0.354 e. The fourth-order valence-corrected chi connectivity index (χ4v) is 2.46. The third kappa shape index (κ3) is 3.70. The van der Waals surface area contributed by atoms with E-state index in [2.05, 4.69) is 10.6 Å². The van der Waals surface area contributed by atoms with Gasteiger partial charge >= 0.3 is 0 Å². The Labute approximate surface area is 102 Å². The van der Waals surface area contributed by atoms with Gasteiger partial charge in [0.25, 0.3) is 0 Å². The van der Waals surface area contributed by atoms with Gasteiger partial charge in [-0.05, 0) is 31.8 Å². The van der Waals surface area contributed by atoms with Crippen LogP contribution in [0, 0.1) is 5.92 Å². The zero-order valence-corrected chi connectivity index (χ0v) is 10.2. The molecule has 5 nitrogen and oxygen atoms in total. The molecule has 2 heterocycles. The molecule has 2 rings (SSSR count). The third-order valence-electron chi connectivity index (χ3n) is 3.59. The number of carbonyl (C=O) groups excluding carboxylic acids is 2. The van der Waals surface area contributed by atoms with Gasteiger partial charge in [-0.25, -0.2) is 0 Å². The molecule has 0 spiro atoms. The number of amides is 2. The van der Waals surface area contributed by atoms with Crippen LogP contribution in [0.2, 0.25) is 0 Å². The van der Waals surface area contributed by atoms with Crippen molar-refractivity contribution in [3.05, 3.63) is 0 Å². The normalized spacial score (nSPS) is 25.5. The van der Waals surface area contributed by atoms with Crippen LogP contribution in [0.3, 0.4) is 0 Å². The van der Waals surface area contributed by atoms with Crippen LogP contribution >= 0.6 is 0 Å². The van der Waals surface area contributed by atoms with Gasteiger partial charge in [0, 0.05) is 32.5 Å². The van der Waals surface area contributed by atoms with E-state index in [4.69, 9.17) is 0 Å². The molecule has 17 heavy (non-hydrogen) atoms. The lowest BCUT2D eigenvalue weighted by Crippen LogP contribution is -2.34. The minimum atomic E-state index is 0.0558. The number of hydrogen-bond acceptors (Lipinski definition) is 3. The molecule has 2 aliphatic heterocycles. The maximum Gasteiger partial charge on any atom is 0.222 e. The lowest BCUT2D eigenvalue weighted by Gasteiger charge is -2.20. The highest BCUT2D eigenvalue weighted by atomic mass is 16.2. The third-order valence-corrected chi connectivity index (χ3v) is 3.59. The van der Waals surface area contributed by atoms with E-state index in [0.29, 0.717) is 38.4 Å². The number of hydrogen-bond donors (Lipinski definition) is 2. The molecule has 1 atom stereocenters. The van der Waals surface area contributed by atoms with Crippen molar-refractivity contribution in [2.45, 2.75) is 25.7 Å². The lowest BCUT2D eigenvalue weighted by atomic mass is 10.0. The first-order valence-electron chi connectivity index (χ1n) is 6.51. The van der Waals surface area contributed by atoms with Crippen LogP contribution in [-0.2, 0) is 9.59 Å². The van der Waals surface area contributed by atoms with Crippen LogP contribution in [-0.4, -0.2) is 49.4 Å². The van der Waals surface area contributed by atoms with E-state index in [0.717, 1.165) is 19.5 Å². The van der Waals surface area contributed by atoms with Gasteiger partial charge in [-0.15, -0.1) is 0 Å². The van der Waals surface area contributed by atoms with Gasteiger partial charge in [-0.2, -0.15) is 0 Å². The van der Waals surface area contributed by atoms with Gasteiger partial charge < -0.3 is 15.5 Å². The molecule has 2 amide bonds. The van der Waals surface area contributed by atoms with Gasteiger partial charge in [-0.1, -0.05) is 0 Å². The summed E-state index contributed by atoms with van der Waals surface area (Å²) in [6.45, 7) is 3.96. The van der Waals surface area contributed by atoms with Crippen LogP contribution in [0.5, 0.6) is 0 Å². The van der Waals surface area contributed by atoms with Crippen LogP contribution < -0.4 is 10.6 Å². The predicted molar refractivity (Wildman–Crippen MR) is 64.4 cm³/mol. The monoisotopic (exact) mass is 239 g/mol. The molecular formula is C12H21N3O2. The second-order valence-corrected chi connectivity index (χ2v) is 4.88. The Kier molecular flexibility index (Phi) is 4.36. The zero-order chi connectivity index (χ0) is 12.1. The highest BCUT2D eigenvalue weighted by molar-refractivity contribution is 5.80. The summed E-state index contributed by atoms with van der Waals surface area (Å²) in [4.78, 5) is 25.0. The number of rotatable bonds is 3. The fraction of sp³-hybridized carbons (Fsp3) is 0.833. The summed E-state index contributed by atoms with van der Waals surface area (Å²) in [6, 6.07) is 0. The molecule has 0 radical (unpaired) electrons. The molecule has 96 valence electrons. The highest BCUT2D eigenvalue weighted by Gasteiger charge is 2.20. The summed E-state index contributed by atoms with van der Waals surface area (Å²) >= 11 is 0. The summed E-state index contributed by atoms with van der Waals surface area (Å²) in [5, 5.41) is 6.10. The topological polar surface area (TPSA) is 61.4 Å². The Hall–Kier alpha value is -1.10. The lowest BCUT2D eigenvalue weighted by molar-refractivity contribution is -0.131. The smallest absolute Gasteiger partial charge is 0.222 e. The molecule has 1 unspecified atom stereocenters. The fourth-order valence-electron chi connectivity index (χ4n) is 2.46. The molecule has 0 saturated carbocycles. The molecular weight excluding hydrogens is 218 g/mol. The Bertz CT molecular complexity index is 287. The first-order valence-corrected chi connectivity index (χ1v) is 6.51. The van der Waals surface area contributed by atoms with Crippen LogP contribution in [0.1, 0.15) is 25.7 Å². The van der Waals surface area contributed by atoms with Crippen molar-refractivity contribution in [3.8, 4) is 0 Å². The first-order chi connectivity index (χ1) is 8.25. The number of nitrogens with zero attached hydrogens (tertiary/aromatic N) is 1. The molecule has 2 N–H and O–H groups in total. The summed E-state index contributed by atoms with van der Waals surface area (Å²) in [5.74, 6) is 0.916. The standard InChI is InChI=1S/C12H21N3O2/c16-11-4-7-15(8-6-14-11)12(17)2-1-10-3-5-13-9-10/h10,13H,1-9H2,(H,14,16). The van der Waals surface area contributed by atoms with Gasteiger partial charge in [0.05, 0.1) is 0 Å². The quantitative estimate of drug-likeness (QED) is 0.712. The Morgan fingerprint density at radius 2 is 2.24 bits per heavy atom. The molecule has 2 fully saturated rings. The second-order valence-electron chi connectivity index (χ2n) is 4.88. The van der Waals surface area contributed by atoms with Crippen LogP contribution in [0.4, 0.5) is 0 Å². The van der Waals surface area contributed by atoms with Crippen molar-refractivity contribution in [1.82, 2.24) is 15.5 Å². The average molecular weight is 239 g/mol. The molecule has 5 heteroatoms. The van der Waals surface area contributed by atoms with E-state index in [1.165, 1.54) is 6.42 Å². The van der Waals surface area contributed by atoms with Crippen molar-refractivity contribution in [3.63, 3.8) is 0 Å². The average Bonchev–Trinajstić information content (AvgIpc) is 2.74. The highest BCUT2D eigenvalue weighted by Crippen LogP contribution is 2.15. The van der Waals surface area contributed by atoms with E-state index < -0.39 is 0 Å². The Balaban J connectivity index is 1.72. The Morgan fingerprint density at radius 1 is 1.35 bits per heavy atom. The molecule has 0 aromatic rings. The van der Waals surface area contributed by atoms with E-state index >= 15 is 0 Å². The summed E-state index contributed by atoms with van der Waals surface area (Å²) in [6.07, 6.45) is 3.23. The Morgan fingerprint density at radius 3 is 3.00 bits per heavy atom. The largest absolute Gasteiger partial charge is 0.354 e. The molecule has 2 saturated heterocycles. The SMILES string of the molecule is O=C1CCN(C(=O)CCC2CCNC2)CCN1. The van der Waals surface area contributed by atoms with Crippen molar-refractivity contribution >= 4 is 11.8 Å². The molecule has 2 aliphatic rings. The van der Waals surface area contributed by atoms with Crippen LogP contribution in [0.15, 0.2) is 0 Å². The van der Waals surface area contributed by atoms with Gasteiger partial charge in [0.1, 0.15) is 0 Å². The van der Waals surface area contributed by atoms with E-state index in [9.17, 15) is 9.59 Å². The van der Waals surface area contributed by atoms with Gasteiger partial charge in [0.2, 0.25) is 11.8 Å². The van der Waals surface area contributed by atoms with Gasteiger partial charge in [0.15, 0.2) is 0 Å². The summed E-state index contributed by atoms with van der Waals surface area (Å²) in [7, 11) is 0. The number of nitrogens with one attached hydrogen (secondary N) is 2. The maximum atomic E-state index is 12.0. The van der Waals surface area contributed by atoms with Crippen molar-refractivity contribution in [2.24, 2.45) is 5.92 Å². The van der Waals surface area contributed by atoms with Crippen molar-refractivity contribution < 1.29 is 9.59 Å². The van der Waals surface area contributed by atoms with E-state index in [-0.39, 0.29) is 11.8 Å². The van der Waals surface area contributed by atoms with Crippen molar-refractivity contribution in [1.29, 1.82) is 0 Å². The molecule has 0 aromatic carbocycles. The number of carbonyl (C=O) groups is 2. The summed E-state index contributed by atoms with van der Waals surface area (Å²) < 4.78 is 0. The van der Waals surface area contributed by atoms with E-state index in [1.54, 1.807) is 0 Å². The molecule has 0 aliphatic carbocycles. The van der Waals surface area contributed by atoms with Crippen molar-refractivity contribution in [2.75, 3.05) is 32.7 Å². The summed E-state index contributed by atoms with van der Waals surface area (Å²) in [5.41, 5.74) is 0. The minimum absolute atomic E-state index is 0.0558. The first kappa shape index (κ1) is 12.4. The zero-order valence-electron chi connectivity index (χ0n) is 10.2. The van der Waals surface area contributed by atoms with Gasteiger partial charge in [-0.3, -0.25) is 9.59 Å². The molecule has 0 aromatic heterocycles.